The van der Waals surface area contributed by atoms with Crippen LogP contribution >= 0.6 is 11.6 Å². The predicted octanol–water partition coefficient (Wildman–Crippen LogP) is 4.03. The molecule has 1 N–H and O–H groups in total. The van der Waals surface area contributed by atoms with E-state index in [0.717, 1.165) is 22.7 Å². The average molecular weight is 246 g/mol. The summed E-state index contributed by atoms with van der Waals surface area (Å²) in [6.07, 6.45) is 0. The lowest BCUT2D eigenvalue weighted by Crippen LogP contribution is -2.05. The number of aryl methyl sites for hydroxylation is 1. The SMILES string of the molecule is CNCc1ccc(-c2ccc(C)cc2)cc1Cl. The standard InChI is InChI=1S/C15H16ClN/c1-11-3-5-12(6-4-11)13-7-8-14(10-17-2)15(16)9-13/h3-9,17H,10H2,1-2H3. The van der Waals surface area contributed by atoms with E-state index in [1.54, 1.807) is 0 Å². The molecule has 2 heteroatoms. The van der Waals surface area contributed by atoms with E-state index >= 15 is 0 Å². The maximum atomic E-state index is 6.25. The van der Waals surface area contributed by atoms with E-state index in [1.165, 1.54) is 11.1 Å². The quantitative estimate of drug-likeness (QED) is 0.861. The summed E-state index contributed by atoms with van der Waals surface area (Å²) in [7, 11) is 1.92. The van der Waals surface area contributed by atoms with Crippen LogP contribution in [0.25, 0.3) is 11.1 Å². The van der Waals surface area contributed by atoms with Crippen LogP contribution in [0.3, 0.4) is 0 Å². The molecule has 2 aromatic rings. The maximum absolute atomic E-state index is 6.25. The summed E-state index contributed by atoms with van der Waals surface area (Å²) in [5.74, 6) is 0. The predicted molar refractivity (Wildman–Crippen MR) is 74.4 cm³/mol. The third-order valence-electron chi connectivity index (χ3n) is 2.81. The number of hydrogen-bond acceptors (Lipinski definition) is 1. The first-order valence-corrected chi connectivity index (χ1v) is 6.08. The Bertz CT molecular complexity index is 503. The average Bonchev–Trinajstić information content (AvgIpc) is 2.33. The van der Waals surface area contributed by atoms with Gasteiger partial charge in [-0.1, -0.05) is 53.6 Å². The lowest BCUT2D eigenvalue weighted by molar-refractivity contribution is 0.818. The Labute approximate surface area is 107 Å². The molecule has 88 valence electrons. The molecule has 0 aromatic heterocycles. The second kappa shape index (κ2) is 5.35. The van der Waals surface area contributed by atoms with Crippen LogP contribution in [0.15, 0.2) is 42.5 Å². The molecule has 2 rings (SSSR count). The van der Waals surface area contributed by atoms with Crippen LogP contribution in [0.4, 0.5) is 0 Å². The minimum atomic E-state index is 0.799. The van der Waals surface area contributed by atoms with Gasteiger partial charge in [0.15, 0.2) is 0 Å². The molecule has 0 saturated carbocycles. The van der Waals surface area contributed by atoms with E-state index in [0.29, 0.717) is 0 Å². The van der Waals surface area contributed by atoms with Crippen LogP contribution in [0.1, 0.15) is 11.1 Å². The van der Waals surface area contributed by atoms with Crippen molar-refractivity contribution in [3.05, 3.63) is 58.6 Å². The molecular weight excluding hydrogens is 230 g/mol. The van der Waals surface area contributed by atoms with E-state index in [2.05, 4.69) is 48.6 Å². The van der Waals surface area contributed by atoms with E-state index in [1.807, 2.05) is 13.1 Å². The second-order valence-corrected chi connectivity index (χ2v) is 4.61. The van der Waals surface area contributed by atoms with Gasteiger partial charge in [0.1, 0.15) is 0 Å². The second-order valence-electron chi connectivity index (χ2n) is 4.20. The third kappa shape index (κ3) is 2.87. The molecule has 0 atom stereocenters. The summed E-state index contributed by atoms with van der Waals surface area (Å²) >= 11 is 6.25. The summed E-state index contributed by atoms with van der Waals surface area (Å²) in [4.78, 5) is 0. The van der Waals surface area contributed by atoms with E-state index in [-0.39, 0.29) is 0 Å². The first-order chi connectivity index (χ1) is 8.20. The van der Waals surface area contributed by atoms with Gasteiger partial charge >= 0.3 is 0 Å². The summed E-state index contributed by atoms with van der Waals surface area (Å²) in [5, 5.41) is 3.92. The molecule has 0 aliphatic rings. The van der Waals surface area contributed by atoms with Gasteiger partial charge in [-0.25, -0.2) is 0 Å². The molecule has 0 bridgehead atoms. The van der Waals surface area contributed by atoms with E-state index in [9.17, 15) is 0 Å². The number of halogens is 1. The first kappa shape index (κ1) is 12.2. The minimum Gasteiger partial charge on any atom is -0.316 e. The van der Waals surface area contributed by atoms with Crippen molar-refractivity contribution in [2.75, 3.05) is 7.05 Å². The number of rotatable bonds is 3. The topological polar surface area (TPSA) is 12.0 Å². The van der Waals surface area contributed by atoms with Crippen LogP contribution in [0, 0.1) is 6.92 Å². The Kier molecular flexibility index (Phi) is 3.82. The van der Waals surface area contributed by atoms with Crippen molar-refractivity contribution in [1.82, 2.24) is 5.32 Å². The largest absolute Gasteiger partial charge is 0.316 e. The van der Waals surface area contributed by atoms with Crippen LogP contribution in [0.5, 0.6) is 0 Å². The van der Waals surface area contributed by atoms with Crippen molar-refractivity contribution in [2.45, 2.75) is 13.5 Å². The molecular formula is C15H16ClN. The minimum absolute atomic E-state index is 0.799. The highest BCUT2D eigenvalue weighted by Gasteiger charge is 2.02. The van der Waals surface area contributed by atoms with Crippen LogP contribution in [0.2, 0.25) is 5.02 Å². The molecule has 0 heterocycles. The number of benzene rings is 2. The molecule has 0 aliphatic heterocycles. The fourth-order valence-electron chi connectivity index (χ4n) is 1.81. The molecule has 0 spiro atoms. The van der Waals surface area contributed by atoms with Gasteiger partial charge in [-0.15, -0.1) is 0 Å². The Morgan fingerprint density at radius 3 is 2.24 bits per heavy atom. The van der Waals surface area contributed by atoms with Gasteiger partial charge in [0.2, 0.25) is 0 Å². The Hall–Kier alpha value is -1.31. The van der Waals surface area contributed by atoms with Crippen molar-refractivity contribution < 1.29 is 0 Å². The lowest BCUT2D eigenvalue weighted by Gasteiger charge is -2.07. The van der Waals surface area contributed by atoms with Crippen LogP contribution in [-0.4, -0.2) is 7.05 Å². The molecule has 0 aliphatic carbocycles. The fraction of sp³-hybridized carbons (Fsp3) is 0.200. The molecule has 0 amide bonds. The monoisotopic (exact) mass is 245 g/mol. The van der Waals surface area contributed by atoms with Gasteiger partial charge in [-0.05, 0) is 36.7 Å². The van der Waals surface area contributed by atoms with Crippen molar-refractivity contribution in [3.8, 4) is 11.1 Å². The molecule has 0 radical (unpaired) electrons. The van der Waals surface area contributed by atoms with E-state index < -0.39 is 0 Å². The number of hydrogen-bond donors (Lipinski definition) is 1. The van der Waals surface area contributed by atoms with Gasteiger partial charge in [-0.3, -0.25) is 0 Å². The van der Waals surface area contributed by atoms with E-state index in [4.69, 9.17) is 11.6 Å². The lowest BCUT2D eigenvalue weighted by atomic mass is 10.0. The number of nitrogens with one attached hydrogen (secondary N) is 1. The van der Waals surface area contributed by atoms with Gasteiger partial charge in [0, 0.05) is 11.6 Å². The summed E-state index contributed by atoms with van der Waals surface area (Å²) in [6, 6.07) is 14.7. The summed E-state index contributed by atoms with van der Waals surface area (Å²) in [6.45, 7) is 2.89. The third-order valence-corrected chi connectivity index (χ3v) is 3.16. The van der Waals surface area contributed by atoms with Crippen molar-refractivity contribution in [1.29, 1.82) is 0 Å². The molecule has 0 unspecified atom stereocenters. The maximum Gasteiger partial charge on any atom is 0.0457 e. The first-order valence-electron chi connectivity index (χ1n) is 5.71. The zero-order valence-electron chi connectivity index (χ0n) is 10.1. The Morgan fingerprint density at radius 2 is 1.65 bits per heavy atom. The zero-order chi connectivity index (χ0) is 12.3. The normalized spacial score (nSPS) is 10.5. The molecule has 2 aromatic carbocycles. The smallest absolute Gasteiger partial charge is 0.0457 e. The van der Waals surface area contributed by atoms with Gasteiger partial charge in [0.05, 0.1) is 0 Å². The molecule has 17 heavy (non-hydrogen) atoms. The van der Waals surface area contributed by atoms with Crippen LogP contribution in [-0.2, 0) is 6.54 Å². The Balaban J connectivity index is 2.34. The zero-order valence-corrected chi connectivity index (χ0v) is 10.9. The highest BCUT2D eigenvalue weighted by atomic mass is 35.5. The molecule has 1 nitrogen and oxygen atoms in total. The van der Waals surface area contributed by atoms with Gasteiger partial charge in [-0.2, -0.15) is 0 Å². The van der Waals surface area contributed by atoms with Crippen LogP contribution < -0.4 is 5.32 Å². The molecule has 0 fully saturated rings. The van der Waals surface area contributed by atoms with Gasteiger partial charge < -0.3 is 5.32 Å². The Morgan fingerprint density at radius 1 is 1.00 bits per heavy atom. The summed E-state index contributed by atoms with van der Waals surface area (Å²) in [5.41, 5.74) is 4.76. The highest BCUT2D eigenvalue weighted by molar-refractivity contribution is 6.31. The fourth-order valence-corrected chi connectivity index (χ4v) is 2.05. The van der Waals surface area contributed by atoms with Crippen molar-refractivity contribution >= 4 is 11.6 Å². The highest BCUT2D eigenvalue weighted by Crippen LogP contribution is 2.25. The summed E-state index contributed by atoms with van der Waals surface area (Å²) < 4.78 is 0. The molecule has 0 saturated heterocycles. The van der Waals surface area contributed by atoms with Gasteiger partial charge in [0.25, 0.3) is 0 Å². The van der Waals surface area contributed by atoms with Crippen molar-refractivity contribution in [3.63, 3.8) is 0 Å². The van der Waals surface area contributed by atoms with Crippen molar-refractivity contribution in [2.24, 2.45) is 0 Å².